The summed E-state index contributed by atoms with van der Waals surface area (Å²) >= 11 is 0. The molecule has 0 heterocycles. The van der Waals surface area contributed by atoms with E-state index in [1.807, 2.05) is 13.8 Å². The predicted molar refractivity (Wildman–Crippen MR) is 68.3 cm³/mol. The minimum Gasteiger partial charge on any atom is -0.347 e. The normalized spacial score (nSPS) is 14.2. The molecular formula is C13H27NO2. The van der Waals surface area contributed by atoms with Crippen LogP contribution in [-0.4, -0.2) is 17.7 Å². The summed E-state index contributed by atoms with van der Waals surface area (Å²) in [6, 6.07) is -0.279. The molecule has 0 fully saturated rings. The first-order valence-electron chi connectivity index (χ1n) is 6.33. The number of hydrogen-bond acceptors (Lipinski definition) is 2. The van der Waals surface area contributed by atoms with Gasteiger partial charge in [0, 0.05) is 14.3 Å². The highest BCUT2D eigenvalue weighted by Crippen LogP contribution is 2.11. The van der Waals surface area contributed by atoms with Crippen molar-refractivity contribution in [3.05, 3.63) is 0 Å². The first kappa shape index (κ1) is 15.1. The Morgan fingerprint density at radius 3 is 2.31 bits per heavy atom. The van der Waals surface area contributed by atoms with E-state index in [1.54, 1.807) is 0 Å². The van der Waals surface area contributed by atoms with Gasteiger partial charge in [-0.25, -0.2) is 0 Å². The molecule has 0 saturated heterocycles. The molecule has 0 saturated carbocycles. The second-order valence-electron chi connectivity index (χ2n) is 4.46. The zero-order chi connectivity index (χ0) is 12.6. The molecule has 0 aromatic carbocycles. The van der Waals surface area contributed by atoms with Crippen LogP contribution in [0.2, 0.25) is 0 Å². The third-order valence-electron chi connectivity index (χ3n) is 2.92. The van der Waals surface area contributed by atoms with Gasteiger partial charge in [0.05, 0.1) is 6.04 Å². The average molecular weight is 229 g/mol. The summed E-state index contributed by atoms with van der Waals surface area (Å²) in [6.07, 6.45) is 4.86. The van der Waals surface area contributed by atoms with Gasteiger partial charge in [0.25, 0.3) is 0 Å². The molecule has 0 aromatic rings. The Morgan fingerprint density at radius 2 is 1.88 bits per heavy atom. The first-order chi connectivity index (χ1) is 7.52. The van der Waals surface area contributed by atoms with Crippen LogP contribution in [0.3, 0.4) is 0 Å². The van der Waals surface area contributed by atoms with E-state index in [0.717, 1.165) is 32.1 Å². The maximum Gasteiger partial charge on any atom is 0.217 e. The molecule has 0 aliphatic heterocycles. The summed E-state index contributed by atoms with van der Waals surface area (Å²) in [6.45, 7) is 7.52. The van der Waals surface area contributed by atoms with Crippen molar-refractivity contribution in [3.8, 4) is 0 Å². The molecular weight excluding hydrogens is 202 g/mol. The number of unbranched alkanes of at least 4 members (excludes halogenated alkanes) is 2. The van der Waals surface area contributed by atoms with E-state index in [4.69, 9.17) is 0 Å². The number of ketones is 1. The van der Waals surface area contributed by atoms with Crippen molar-refractivity contribution in [2.75, 3.05) is 0 Å². The van der Waals surface area contributed by atoms with Crippen molar-refractivity contribution in [2.24, 2.45) is 5.92 Å². The monoisotopic (exact) mass is 229 g/mol. The van der Waals surface area contributed by atoms with Gasteiger partial charge in [0.1, 0.15) is 0 Å². The molecule has 0 bridgehead atoms. The molecule has 16 heavy (non-hydrogen) atoms. The number of hydrogen-bond donors (Lipinski definition) is 1. The van der Waals surface area contributed by atoms with E-state index in [2.05, 4.69) is 12.2 Å². The Kier molecular flexibility index (Phi) is 7.86. The van der Waals surface area contributed by atoms with Crippen molar-refractivity contribution in [3.63, 3.8) is 0 Å². The summed E-state index contributed by atoms with van der Waals surface area (Å²) in [4.78, 5) is 23.0. The second-order valence-corrected chi connectivity index (χ2v) is 4.46. The van der Waals surface area contributed by atoms with Gasteiger partial charge in [0.2, 0.25) is 5.91 Å². The van der Waals surface area contributed by atoms with Gasteiger partial charge in [0.15, 0.2) is 5.78 Å². The molecule has 0 rings (SSSR count). The van der Waals surface area contributed by atoms with Crippen LogP contribution < -0.4 is 5.32 Å². The lowest BCUT2D eigenvalue weighted by molar-refractivity contribution is -0.129. The SMILES string of the molecule is CCCCCC(NC(C)=O)C(=O)C(C)CC.[HH]. The third-order valence-corrected chi connectivity index (χ3v) is 2.92. The van der Waals surface area contributed by atoms with E-state index >= 15 is 0 Å². The average Bonchev–Trinajstić information content (AvgIpc) is 2.25. The Bertz CT molecular complexity index is 231. The van der Waals surface area contributed by atoms with Crippen LogP contribution >= 0.6 is 0 Å². The highest BCUT2D eigenvalue weighted by atomic mass is 16.2. The standard InChI is InChI=1S/C13H25NO2.H2/c1-5-7-8-9-12(14-11(4)15)13(16)10(3)6-2;/h10,12H,5-9H2,1-4H3,(H,14,15);1H. The molecule has 0 radical (unpaired) electrons. The minimum atomic E-state index is -0.279. The lowest BCUT2D eigenvalue weighted by Crippen LogP contribution is -2.42. The smallest absolute Gasteiger partial charge is 0.217 e. The van der Waals surface area contributed by atoms with E-state index < -0.39 is 0 Å². The van der Waals surface area contributed by atoms with Crippen molar-refractivity contribution in [2.45, 2.75) is 65.8 Å². The molecule has 1 N–H and O–H groups in total. The number of Topliss-reactive ketones (excluding diaryl/α,β-unsaturated/α-hetero) is 1. The van der Waals surface area contributed by atoms with E-state index in [1.165, 1.54) is 6.92 Å². The summed E-state index contributed by atoms with van der Waals surface area (Å²) < 4.78 is 0. The van der Waals surface area contributed by atoms with Crippen LogP contribution in [0.4, 0.5) is 0 Å². The fourth-order valence-electron chi connectivity index (χ4n) is 1.67. The summed E-state index contributed by atoms with van der Waals surface area (Å²) in [5.74, 6) is 0.102. The summed E-state index contributed by atoms with van der Waals surface area (Å²) in [5.41, 5.74) is 0. The number of carbonyl (C=O) groups excluding carboxylic acids is 2. The van der Waals surface area contributed by atoms with Gasteiger partial charge in [-0.3, -0.25) is 9.59 Å². The Balaban J connectivity index is 0. The molecule has 1 amide bonds. The van der Waals surface area contributed by atoms with Crippen LogP contribution in [-0.2, 0) is 9.59 Å². The molecule has 2 unspecified atom stereocenters. The molecule has 3 heteroatoms. The van der Waals surface area contributed by atoms with Crippen molar-refractivity contribution in [1.82, 2.24) is 5.32 Å². The second kappa shape index (κ2) is 8.31. The van der Waals surface area contributed by atoms with Crippen LogP contribution in [0.5, 0.6) is 0 Å². The Hall–Kier alpha value is -0.860. The zero-order valence-corrected chi connectivity index (χ0v) is 11.0. The molecule has 0 aliphatic rings. The molecule has 0 spiro atoms. The Morgan fingerprint density at radius 1 is 1.25 bits per heavy atom. The lowest BCUT2D eigenvalue weighted by Gasteiger charge is -2.19. The molecule has 0 aromatic heterocycles. The van der Waals surface area contributed by atoms with Crippen molar-refractivity contribution < 1.29 is 11.0 Å². The molecule has 96 valence electrons. The molecule has 0 aliphatic carbocycles. The zero-order valence-electron chi connectivity index (χ0n) is 11.0. The van der Waals surface area contributed by atoms with Crippen LogP contribution in [0.25, 0.3) is 0 Å². The summed E-state index contributed by atoms with van der Waals surface area (Å²) in [5, 5.41) is 2.77. The van der Waals surface area contributed by atoms with Gasteiger partial charge in [-0.05, 0) is 12.8 Å². The van der Waals surface area contributed by atoms with E-state index in [0.29, 0.717) is 0 Å². The Labute approximate surface area is 100 Å². The topological polar surface area (TPSA) is 46.2 Å². The van der Waals surface area contributed by atoms with Gasteiger partial charge < -0.3 is 5.32 Å². The number of carbonyl (C=O) groups is 2. The maximum absolute atomic E-state index is 12.0. The van der Waals surface area contributed by atoms with Crippen molar-refractivity contribution in [1.29, 1.82) is 0 Å². The number of rotatable bonds is 8. The van der Waals surface area contributed by atoms with Gasteiger partial charge >= 0.3 is 0 Å². The largest absolute Gasteiger partial charge is 0.347 e. The van der Waals surface area contributed by atoms with Gasteiger partial charge in [-0.1, -0.05) is 40.0 Å². The fourth-order valence-corrected chi connectivity index (χ4v) is 1.67. The highest BCUT2D eigenvalue weighted by molar-refractivity contribution is 5.89. The lowest BCUT2D eigenvalue weighted by atomic mass is 9.94. The molecule has 3 nitrogen and oxygen atoms in total. The number of nitrogens with one attached hydrogen (secondary N) is 1. The minimum absolute atomic E-state index is 0. The van der Waals surface area contributed by atoms with Crippen LogP contribution in [0.1, 0.15) is 61.2 Å². The maximum atomic E-state index is 12.0. The quantitative estimate of drug-likeness (QED) is 0.650. The van der Waals surface area contributed by atoms with Crippen LogP contribution in [0.15, 0.2) is 0 Å². The molecule has 2 atom stereocenters. The highest BCUT2D eigenvalue weighted by Gasteiger charge is 2.22. The fraction of sp³-hybridized carbons (Fsp3) is 0.846. The van der Waals surface area contributed by atoms with Crippen molar-refractivity contribution >= 4 is 11.7 Å². The van der Waals surface area contributed by atoms with Crippen LogP contribution in [0, 0.1) is 5.92 Å². The van der Waals surface area contributed by atoms with E-state index in [-0.39, 0.29) is 25.1 Å². The van der Waals surface area contributed by atoms with Gasteiger partial charge in [-0.2, -0.15) is 0 Å². The first-order valence-corrected chi connectivity index (χ1v) is 6.33. The summed E-state index contributed by atoms with van der Waals surface area (Å²) in [7, 11) is 0. The third kappa shape index (κ3) is 5.89. The van der Waals surface area contributed by atoms with Gasteiger partial charge in [-0.15, -0.1) is 0 Å². The number of amides is 1. The predicted octanol–water partition coefficient (Wildman–Crippen LogP) is 2.93. The van der Waals surface area contributed by atoms with E-state index in [9.17, 15) is 9.59 Å².